The molecule has 2 aromatic rings. The van der Waals surface area contributed by atoms with Crippen molar-refractivity contribution in [1.82, 2.24) is 19.9 Å². The van der Waals surface area contributed by atoms with Crippen molar-refractivity contribution in [3.8, 4) is 5.69 Å². The van der Waals surface area contributed by atoms with Crippen molar-refractivity contribution < 1.29 is 4.79 Å². The smallest absolute Gasteiger partial charge is 0.276 e. The number of rotatable bonds is 4. The standard InChI is InChI=1S/C13H15BrN4O/c1-3-17(4-2)13(19)11-9-18(16-15-11)12-8-6-5-7-10(12)14/h5-9H,3-4H2,1-2H3. The summed E-state index contributed by atoms with van der Waals surface area (Å²) in [5.74, 6) is -0.0942. The van der Waals surface area contributed by atoms with Crippen molar-refractivity contribution in [2.75, 3.05) is 13.1 Å². The molecule has 5 nitrogen and oxygen atoms in total. The molecule has 0 N–H and O–H groups in total. The Bertz CT molecular complexity index is 578. The average Bonchev–Trinajstić information content (AvgIpc) is 2.90. The van der Waals surface area contributed by atoms with Crippen LogP contribution in [0.15, 0.2) is 34.9 Å². The highest BCUT2D eigenvalue weighted by Gasteiger charge is 2.17. The van der Waals surface area contributed by atoms with Crippen LogP contribution in [-0.4, -0.2) is 38.9 Å². The van der Waals surface area contributed by atoms with E-state index in [2.05, 4.69) is 26.2 Å². The molecule has 2 rings (SSSR count). The van der Waals surface area contributed by atoms with Crippen LogP contribution in [0.5, 0.6) is 0 Å². The fourth-order valence-corrected chi connectivity index (χ4v) is 2.26. The highest BCUT2D eigenvalue weighted by atomic mass is 79.9. The van der Waals surface area contributed by atoms with Gasteiger partial charge in [0.2, 0.25) is 0 Å². The second kappa shape index (κ2) is 5.97. The maximum absolute atomic E-state index is 12.1. The topological polar surface area (TPSA) is 51.0 Å². The van der Waals surface area contributed by atoms with Gasteiger partial charge in [0.05, 0.1) is 11.9 Å². The fraction of sp³-hybridized carbons (Fsp3) is 0.308. The maximum atomic E-state index is 12.1. The molecule has 0 aliphatic heterocycles. The van der Waals surface area contributed by atoms with Crippen LogP contribution in [0, 0.1) is 0 Å². The van der Waals surface area contributed by atoms with E-state index in [1.165, 1.54) is 0 Å². The van der Waals surface area contributed by atoms with Gasteiger partial charge in [-0.25, -0.2) is 4.68 Å². The summed E-state index contributed by atoms with van der Waals surface area (Å²) in [6, 6.07) is 7.66. The second-order valence-corrected chi connectivity index (χ2v) is 4.83. The minimum Gasteiger partial charge on any atom is -0.338 e. The molecular formula is C13H15BrN4O. The summed E-state index contributed by atoms with van der Waals surface area (Å²) >= 11 is 3.45. The highest BCUT2D eigenvalue weighted by Crippen LogP contribution is 2.19. The Balaban J connectivity index is 2.29. The third-order valence-corrected chi connectivity index (χ3v) is 3.53. The van der Waals surface area contributed by atoms with Gasteiger partial charge in [0, 0.05) is 17.6 Å². The number of halogens is 1. The van der Waals surface area contributed by atoms with E-state index in [0.717, 1.165) is 10.2 Å². The zero-order valence-corrected chi connectivity index (χ0v) is 12.5. The molecule has 0 atom stereocenters. The molecule has 1 aromatic carbocycles. The van der Waals surface area contributed by atoms with Crippen LogP contribution in [0.3, 0.4) is 0 Å². The Hall–Kier alpha value is -1.69. The lowest BCUT2D eigenvalue weighted by atomic mass is 10.3. The summed E-state index contributed by atoms with van der Waals surface area (Å²) in [5, 5.41) is 7.96. The molecule has 0 bridgehead atoms. The molecule has 0 spiro atoms. The van der Waals surface area contributed by atoms with E-state index in [0.29, 0.717) is 18.8 Å². The first-order valence-electron chi connectivity index (χ1n) is 6.13. The molecule has 0 fully saturated rings. The summed E-state index contributed by atoms with van der Waals surface area (Å²) in [4.78, 5) is 13.9. The number of hydrogen-bond donors (Lipinski definition) is 0. The zero-order chi connectivity index (χ0) is 13.8. The molecular weight excluding hydrogens is 308 g/mol. The van der Waals surface area contributed by atoms with Crippen molar-refractivity contribution in [2.45, 2.75) is 13.8 Å². The first-order chi connectivity index (χ1) is 9.17. The first kappa shape index (κ1) is 13.7. The average molecular weight is 323 g/mol. The van der Waals surface area contributed by atoms with E-state index in [1.54, 1.807) is 15.8 Å². The minimum atomic E-state index is -0.0942. The van der Waals surface area contributed by atoms with Gasteiger partial charge in [0.15, 0.2) is 5.69 Å². The summed E-state index contributed by atoms with van der Waals surface area (Å²) in [7, 11) is 0. The fourth-order valence-electron chi connectivity index (χ4n) is 1.79. The van der Waals surface area contributed by atoms with Gasteiger partial charge in [-0.3, -0.25) is 4.79 Å². The number of amides is 1. The highest BCUT2D eigenvalue weighted by molar-refractivity contribution is 9.10. The Morgan fingerprint density at radius 3 is 2.63 bits per heavy atom. The van der Waals surface area contributed by atoms with E-state index in [1.807, 2.05) is 38.1 Å². The Morgan fingerprint density at radius 1 is 1.32 bits per heavy atom. The largest absolute Gasteiger partial charge is 0.338 e. The number of carbonyl (C=O) groups excluding carboxylic acids is 1. The number of para-hydroxylation sites is 1. The van der Waals surface area contributed by atoms with Gasteiger partial charge < -0.3 is 4.90 Å². The molecule has 0 aliphatic carbocycles. The van der Waals surface area contributed by atoms with Crippen LogP contribution in [0.2, 0.25) is 0 Å². The predicted octanol–water partition coefficient (Wildman–Crippen LogP) is 2.51. The van der Waals surface area contributed by atoms with Gasteiger partial charge in [-0.05, 0) is 41.9 Å². The van der Waals surface area contributed by atoms with E-state index >= 15 is 0 Å². The maximum Gasteiger partial charge on any atom is 0.276 e. The Labute approximate surface area is 120 Å². The van der Waals surface area contributed by atoms with Crippen molar-refractivity contribution in [2.24, 2.45) is 0 Å². The van der Waals surface area contributed by atoms with E-state index < -0.39 is 0 Å². The molecule has 1 aromatic heterocycles. The van der Waals surface area contributed by atoms with Gasteiger partial charge in [-0.15, -0.1) is 5.10 Å². The van der Waals surface area contributed by atoms with Crippen molar-refractivity contribution in [1.29, 1.82) is 0 Å². The molecule has 0 saturated heterocycles. The molecule has 0 unspecified atom stereocenters. The van der Waals surface area contributed by atoms with Crippen LogP contribution in [0.25, 0.3) is 5.69 Å². The van der Waals surface area contributed by atoms with Gasteiger partial charge in [-0.1, -0.05) is 17.3 Å². The van der Waals surface area contributed by atoms with E-state index in [9.17, 15) is 4.79 Å². The molecule has 0 saturated carbocycles. The third-order valence-electron chi connectivity index (χ3n) is 2.86. The van der Waals surface area contributed by atoms with Gasteiger partial charge >= 0.3 is 0 Å². The van der Waals surface area contributed by atoms with Crippen LogP contribution < -0.4 is 0 Å². The zero-order valence-electron chi connectivity index (χ0n) is 10.9. The molecule has 0 radical (unpaired) electrons. The summed E-state index contributed by atoms with van der Waals surface area (Å²) < 4.78 is 2.50. The monoisotopic (exact) mass is 322 g/mol. The lowest BCUT2D eigenvalue weighted by molar-refractivity contribution is 0.0767. The Kier molecular flexibility index (Phi) is 4.31. The lowest BCUT2D eigenvalue weighted by Crippen LogP contribution is -2.30. The number of benzene rings is 1. The minimum absolute atomic E-state index is 0.0942. The van der Waals surface area contributed by atoms with E-state index in [4.69, 9.17) is 0 Å². The van der Waals surface area contributed by atoms with E-state index in [-0.39, 0.29) is 5.91 Å². The predicted molar refractivity (Wildman–Crippen MR) is 76.3 cm³/mol. The molecule has 1 amide bonds. The SMILES string of the molecule is CCN(CC)C(=O)c1cn(-c2ccccc2Br)nn1. The molecule has 6 heteroatoms. The van der Waals surface area contributed by atoms with Gasteiger partial charge in [0.1, 0.15) is 0 Å². The van der Waals surface area contributed by atoms with Crippen molar-refractivity contribution >= 4 is 21.8 Å². The van der Waals surface area contributed by atoms with Crippen LogP contribution >= 0.6 is 15.9 Å². The normalized spacial score (nSPS) is 10.5. The number of nitrogens with zero attached hydrogens (tertiary/aromatic N) is 4. The number of hydrogen-bond acceptors (Lipinski definition) is 3. The quantitative estimate of drug-likeness (QED) is 0.869. The van der Waals surface area contributed by atoms with Gasteiger partial charge in [-0.2, -0.15) is 0 Å². The van der Waals surface area contributed by atoms with Crippen molar-refractivity contribution in [3.63, 3.8) is 0 Å². The molecule has 19 heavy (non-hydrogen) atoms. The van der Waals surface area contributed by atoms with Crippen LogP contribution in [0.1, 0.15) is 24.3 Å². The number of aromatic nitrogens is 3. The molecule has 0 aliphatic rings. The van der Waals surface area contributed by atoms with Crippen LogP contribution in [-0.2, 0) is 0 Å². The summed E-state index contributed by atoms with van der Waals surface area (Å²) in [6.07, 6.45) is 1.65. The Morgan fingerprint density at radius 2 is 2.00 bits per heavy atom. The van der Waals surface area contributed by atoms with Gasteiger partial charge in [0.25, 0.3) is 5.91 Å². The molecule has 100 valence electrons. The number of carbonyl (C=O) groups is 1. The molecule has 1 heterocycles. The first-order valence-corrected chi connectivity index (χ1v) is 6.93. The summed E-state index contributed by atoms with van der Waals surface area (Å²) in [6.45, 7) is 5.22. The van der Waals surface area contributed by atoms with Crippen LogP contribution in [0.4, 0.5) is 0 Å². The lowest BCUT2D eigenvalue weighted by Gasteiger charge is -2.16. The second-order valence-electron chi connectivity index (χ2n) is 3.98. The summed E-state index contributed by atoms with van der Waals surface area (Å²) in [5.41, 5.74) is 1.22. The third kappa shape index (κ3) is 2.84. The van der Waals surface area contributed by atoms with Crippen molar-refractivity contribution in [3.05, 3.63) is 40.6 Å².